The molecule has 192 valence electrons. The lowest BCUT2D eigenvalue weighted by Crippen LogP contribution is -2.75. The molecule has 0 N–H and O–H groups in total. The molecule has 19 heteroatoms. The minimum absolute atomic E-state index is 0.489. The van der Waals surface area contributed by atoms with Crippen molar-refractivity contribution in [3.63, 3.8) is 0 Å². The molecule has 0 bridgehead atoms. The van der Waals surface area contributed by atoms with Crippen LogP contribution in [0.15, 0.2) is 0 Å². The van der Waals surface area contributed by atoms with Crippen LogP contribution in [0.1, 0.15) is 20.3 Å². The zero-order chi connectivity index (χ0) is 26.6. The number of hydrogen-bond acceptors (Lipinski definition) is 2. The highest BCUT2D eigenvalue weighted by molar-refractivity contribution is 5.79. The number of esters is 1. The highest BCUT2D eigenvalue weighted by Gasteiger charge is 2.95. The zero-order valence-corrected chi connectivity index (χ0v) is 15.0. The Labute approximate surface area is 165 Å². The van der Waals surface area contributed by atoms with Crippen molar-refractivity contribution < 1.29 is 84.2 Å². The fourth-order valence-corrected chi connectivity index (χ4v) is 1.63. The third-order valence-electron chi connectivity index (χ3n) is 3.86. The van der Waals surface area contributed by atoms with Gasteiger partial charge in [0.25, 0.3) is 0 Å². The number of carbonyl (C=O) groups excluding carboxylic acids is 1. The topological polar surface area (TPSA) is 26.3 Å². The molecule has 0 radical (unpaired) electrons. The summed E-state index contributed by atoms with van der Waals surface area (Å²) in [6, 6.07) is 0. The molecule has 0 aliphatic heterocycles. The highest BCUT2D eigenvalue weighted by atomic mass is 19.4. The minimum Gasteiger partial charge on any atom is -0.458 e. The monoisotopic (exact) mass is 520 g/mol. The Hall–Kier alpha value is -1.72. The molecular weight excluding hydrogens is 511 g/mol. The molecule has 0 saturated carbocycles. The first-order chi connectivity index (χ1) is 13.6. The highest BCUT2D eigenvalue weighted by Crippen LogP contribution is 2.64. The normalized spacial score (nSPS) is 16.7. The second kappa shape index (κ2) is 7.95. The fraction of sp³-hybridized carbons (Fsp3) is 0.923. The van der Waals surface area contributed by atoms with Crippen molar-refractivity contribution in [1.82, 2.24) is 0 Å². The first kappa shape index (κ1) is 30.3. The second-order valence-electron chi connectivity index (χ2n) is 6.14. The van der Waals surface area contributed by atoms with E-state index in [4.69, 9.17) is 0 Å². The maximum absolute atomic E-state index is 13.5. The van der Waals surface area contributed by atoms with Gasteiger partial charge in [-0.1, -0.05) is 6.92 Å². The minimum atomic E-state index is -8.73. The first-order valence-corrected chi connectivity index (χ1v) is 7.55. The van der Waals surface area contributed by atoms with Gasteiger partial charge >= 0.3 is 53.6 Å². The summed E-state index contributed by atoms with van der Waals surface area (Å²) in [5.74, 6) is -61.8. The van der Waals surface area contributed by atoms with Gasteiger partial charge in [0, 0.05) is 0 Å². The lowest BCUT2D eigenvalue weighted by atomic mass is 9.89. The maximum Gasteiger partial charge on any atom is 0.460 e. The van der Waals surface area contributed by atoms with Gasteiger partial charge in [0.1, 0.15) is 0 Å². The van der Waals surface area contributed by atoms with Crippen LogP contribution in [0.3, 0.4) is 0 Å². The van der Waals surface area contributed by atoms with Crippen molar-refractivity contribution >= 4 is 5.97 Å². The largest absolute Gasteiger partial charge is 0.460 e. The van der Waals surface area contributed by atoms with Gasteiger partial charge in [0.05, 0.1) is 6.10 Å². The molecule has 0 aliphatic rings. The Morgan fingerprint density at radius 1 is 0.594 bits per heavy atom. The lowest BCUT2D eigenvalue weighted by Gasteiger charge is -2.42. The molecule has 0 rings (SSSR count). The van der Waals surface area contributed by atoms with Crippen molar-refractivity contribution in [2.45, 2.75) is 74.0 Å². The van der Waals surface area contributed by atoms with Crippen molar-refractivity contribution in [3.8, 4) is 0 Å². The number of rotatable bonds is 9. The van der Waals surface area contributed by atoms with Gasteiger partial charge in [-0.15, -0.1) is 0 Å². The molecule has 0 spiro atoms. The standard InChI is InChI=1S/C13H9F17O2/c1-3-4(2)32-5(31)6(14,15)7(16,17)8(18,19)9(20,21)10(22,23)11(24,25)12(26,27)13(28,29)30/h4H,3H2,1-2H3/t4-/m0/s1. The van der Waals surface area contributed by atoms with Gasteiger partial charge in [-0.25, -0.2) is 4.79 Å². The summed E-state index contributed by atoms with van der Waals surface area (Å²) in [5.41, 5.74) is 0. The number of carbonyl (C=O) groups is 1. The van der Waals surface area contributed by atoms with Crippen LogP contribution in [0.4, 0.5) is 74.6 Å². The van der Waals surface area contributed by atoms with E-state index in [0.717, 1.165) is 6.92 Å². The molecule has 0 fully saturated rings. The molecule has 0 aromatic carbocycles. The fourth-order valence-electron chi connectivity index (χ4n) is 1.63. The van der Waals surface area contributed by atoms with E-state index < -0.39 is 66.1 Å². The Balaban J connectivity index is 6.69. The van der Waals surface area contributed by atoms with E-state index in [1.54, 1.807) is 0 Å². The van der Waals surface area contributed by atoms with Crippen LogP contribution in [0.5, 0.6) is 0 Å². The molecule has 0 saturated heterocycles. The quantitative estimate of drug-likeness (QED) is 0.262. The van der Waals surface area contributed by atoms with Gasteiger partial charge in [0.2, 0.25) is 0 Å². The smallest absolute Gasteiger partial charge is 0.458 e. The molecule has 0 aromatic heterocycles. The summed E-state index contributed by atoms with van der Waals surface area (Å²) in [5, 5.41) is 0. The molecular formula is C13H9F17O2. The molecule has 0 aromatic rings. The van der Waals surface area contributed by atoms with Gasteiger partial charge in [-0.3, -0.25) is 0 Å². The van der Waals surface area contributed by atoms with Crippen molar-refractivity contribution in [1.29, 1.82) is 0 Å². The number of halogens is 17. The van der Waals surface area contributed by atoms with Gasteiger partial charge < -0.3 is 4.74 Å². The van der Waals surface area contributed by atoms with Crippen molar-refractivity contribution in [2.24, 2.45) is 0 Å². The predicted molar refractivity (Wildman–Crippen MR) is 66.5 cm³/mol. The van der Waals surface area contributed by atoms with Gasteiger partial charge in [-0.05, 0) is 13.3 Å². The number of hydrogen-bond donors (Lipinski definition) is 0. The second-order valence-corrected chi connectivity index (χ2v) is 6.14. The van der Waals surface area contributed by atoms with E-state index in [0.29, 0.717) is 6.92 Å². The average molecular weight is 520 g/mol. The summed E-state index contributed by atoms with van der Waals surface area (Å²) in [6.45, 7) is 1.67. The molecule has 0 heterocycles. The van der Waals surface area contributed by atoms with Crippen LogP contribution in [-0.2, 0) is 9.53 Å². The van der Waals surface area contributed by atoms with Crippen molar-refractivity contribution in [3.05, 3.63) is 0 Å². The third kappa shape index (κ3) is 3.92. The summed E-state index contributed by atoms with van der Waals surface area (Å²) >= 11 is 0. The molecule has 32 heavy (non-hydrogen) atoms. The summed E-state index contributed by atoms with van der Waals surface area (Å²) in [6.07, 6.45) is -10.1. The Morgan fingerprint density at radius 2 is 0.875 bits per heavy atom. The Bertz CT molecular complexity index is 693. The van der Waals surface area contributed by atoms with Crippen LogP contribution in [-0.4, -0.2) is 59.7 Å². The molecule has 0 unspecified atom stereocenters. The van der Waals surface area contributed by atoms with E-state index in [1.165, 1.54) is 0 Å². The van der Waals surface area contributed by atoms with Crippen molar-refractivity contribution in [2.75, 3.05) is 0 Å². The Kier molecular flexibility index (Phi) is 7.52. The van der Waals surface area contributed by atoms with Crippen LogP contribution in [0, 0.1) is 0 Å². The van der Waals surface area contributed by atoms with E-state index in [1.807, 2.05) is 0 Å². The average Bonchev–Trinajstić information content (AvgIpc) is 2.59. The summed E-state index contributed by atoms with van der Waals surface area (Å²) in [7, 11) is 0. The summed E-state index contributed by atoms with van der Waals surface area (Å²) in [4.78, 5) is 11.0. The van der Waals surface area contributed by atoms with Gasteiger partial charge in [0.15, 0.2) is 0 Å². The van der Waals surface area contributed by atoms with E-state index >= 15 is 0 Å². The van der Waals surface area contributed by atoms with E-state index in [-0.39, 0.29) is 0 Å². The molecule has 0 amide bonds. The van der Waals surface area contributed by atoms with Crippen LogP contribution >= 0.6 is 0 Å². The van der Waals surface area contributed by atoms with Crippen LogP contribution in [0.2, 0.25) is 0 Å². The third-order valence-corrected chi connectivity index (χ3v) is 3.86. The molecule has 0 aliphatic carbocycles. The SMILES string of the molecule is CC[C@H](C)OC(=O)C(F)(F)C(F)(F)C(F)(F)C(F)(F)C(F)(F)C(F)(F)C(F)(F)C(F)(F)F. The number of ether oxygens (including phenoxy) is 1. The summed E-state index contributed by atoms with van der Waals surface area (Å²) < 4.78 is 224. The van der Waals surface area contributed by atoms with Gasteiger partial charge in [-0.2, -0.15) is 74.6 Å². The zero-order valence-electron chi connectivity index (χ0n) is 15.0. The first-order valence-electron chi connectivity index (χ1n) is 7.55. The Morgan fingerprint density at radius 3 is 1.16 bits per heavy atom. The maximum atomic E-state index is 13.5. The lowest BCUT2D eigenvalue weighted by molar-refractivity contribution is -0.460. The van der Waals surface area contributed by atoms with Crippen LogP contribution in [0.25, 0.3) is 0 Å². The molecule has 2 nitrogen and oxygen atoms in total. The molecule has 1 atom stereocenters. The predicted octanol–water partition coefficient (Wildman–Crippen LogP) is 6.34. The van der Waals surface area contributed by atoms with E-state index in [2.05, 4.69) is 4.74 Å². The van der Waals surface area contributed by atoms with E-state index in [9.17, 15) is 79.4 Å². The number of alkyl halides is 17. The van der Waals surface area contributed by atoms with Crippen LogP contribution < -0.4 is 0 Å².